The molecule has 28 heavy (non-hydrogen) atoms. The smallest absolute Gasteiger partial charge is 0.279 e. The van der Waals surface area contributed by atoms with Gasteiger partial charge < -0.3 is 0 Å². The van der Waals surface area contributed by atoms with E-state index in [9.17, 15) is 4.79 Å². The quantitative estimate of drug-likeness (QED) is 0.418. The summed E-state index contributed by atoms with van der Waals surface area (Å²) in [5.41, 5.74) is 4.65. The number of aromatic nitrogens is 1. The summed E-state index contributed by atoms with van der Waals surface area (Å²) < 4.78 is 2.02. The molecule has 0 spiro atoms. The number of aryl methyl sites for hydroxylation is 1. The number of hydrogen-bond donors (Lipinski definition) is 0. The molecule has 1 heterocycles. The van der Waals surface area contributed by atoms with Crippen LogP contribution in [-0.4, -0.2) is 10.5 Å². The van der Waals surface area contributed by atoms with Crippen molar-refractivity contribution in [2.24, 2.45) is 4.99 Å². The van der Waals surface area contributed by atoms with E-state index in [2.05, 4.69) is 11.1 Å². The second-order valence-corrected chi connectivity index (χ2v) is 7.64. The van der Waals surface area contributed by atoms with E-state index >= 15 is 0 Å². The van der Waals surface area contributed by atoms with Crippen molar-refractivity contribution < 1.29 is 4.79 Å². The molecule has 0 N–H and O–H groups in total. The fourth-order valence-electron chi connectivity index (χ4n) is 2.96. The summed E-state index contributed by atoms with van der Waals surface area (Å²) in [7, 11) is 0. The fraction of sp³-hybridized carbons (Fsp3) is 0.0435. The number of thiazole rings is 1. The molecule has 0 saturated carbocycles. The van der Waals surface area contributed by atoms with E-state index in [-0.39, 0.29) is 5.91 Å². The third kappa shape index (κ3) is 3.84. The van der Waals surface area contributed by atoms with Gasteiger partial charge in [0.05, 0.1) is 5.69 Å². The molecule has 0 bridgehead atoms. The Balaban J connectivity index is 1.91. The summed E-state index contributed by atoms with van der Waals surface area (Å²) in [4.78, 5) is 17.7. The highest BCUT2D eigenvalue weighted by atomic mass is 35.5. The number of benzene rings is 3. The largest absolute Gasteiger partial charge is 0.285 e. The molecule has 3 nitrogen and oxygen atoms in total. The van der Waals surface area contributed by atoms with E-state index in [0.717, 1.165) is 22.5 Å². The first-order chi connectivity index (χ1) is 13.6. The summed E-state index contributed by atoms with van der Waals surface area (Å²) in [6.45, 7) is 2.05. The number of halogens is 1. The Kier molecular flexibility index (Phi) is 5.24. The van der Waals surface area contributed by atoms with Gasteiger partial charge in [0.25, 0.3) is 5.91 Å². The molecule has 0 aliphatic heterocycles. The van der Waals surface area contributed by atoms with Gasteiger partial charge in [-0.25, -0.2) is 0 Å². The first kappa shape index (κ1) is 18.4. The molecule has 1 amide bonds. The van der Waals surface area contributed by atoms with Crippen molar-refractivity contribution in [2.75, 3.05) is 0 Å². The number of carbonyl (C=O) groups excluding carboxylic acids is 1. The SMILES string of the molecule is Cc1cccc(-n2c(-c3ccc(Cl)cc3)csc2=NC(=O)c2ccccc2)c1. The van der Waals surface area contributed by atoms with Crippen molar-refractivity contribution in [1.82, 2.24) is 4.57 Å². The molecule has 0 aliphatic rings. The Hall–Kier alpha value is -2.95. The van der Waals surface area contributed by atoms with Gasteiger partial charge in [0.1, 0.15) is 0 Å². The second-order valence-electron chi connectivity index (χ2n) is 6.37. The van der Waals surface area contributed by atoms with Crippen LogP contribution in [0, 0.1) is 6.92 Å². The minimum Gasteiger partial charge on any atom is -0.285 e. The Labute approximate surface area is 172 Å². The molecule has 0 atom stereocenters. The first-order valence-corrected chi connectivity index (χ1v) is 10.1. The highest BCUT2D eigenvalue weighted by Crippen LogP contribution is 2.25. The topological polar surface area (TPSA) is 34.4 Å². The van der Waals surface area contributed by atoms with Gasteiger partial charge in [-0.3, -0.25) is 9.36 Å². The third-order valence-electron chi connectivity index (χ3n) is 4.33. The van der Waals surface area contributed by atoms with Crippen molar-refractivity contribution in [2.45, 2.75) is 6.92 Å². The number of nitrogens with zero attached hydrogens (tertiary/aromatic N) is 2. The van der Waals surface area contributed by atoms with E-state index in [1.54, 1.807) is 12.1 Å². The number of rotatable bonds is 3. The molecule has 0 fully saturated rings. The van der Waals surface area contributed by atoms with Gasteiger partial charge >= 0.3 is 0 Å². The van der Waals surface area contributed by atoms with Gasteiger partial charge in [0.15, 0.2) is 4.80 Å². The predicted molar refractivity (Wildman–Crippen MR) is 115 cm³/mol. The molecule has 0 unspecified atom stereocenters. The zero-order valence-electron chi connectivity index (χ0n) is 15.2. The standard InChI is InChI=1S/C23H17ClN2OS/c1-16-6-5-9-20(14-16)26-21(17-10-12-19(24)13-11-17)15-28-23(26)25-22(27)18-7-3-2-4-8-18/h2-15H,1H3. The summed E-state index contributed by atoms with van der Waals surface area (Å²) in [5.74, 6) is -0.258. The lowest BCUT2D eigenvalue weighted by molar-refractivity contribution is 0.0998. The minimum atomic E-state index is -0.258. The maximum Gasteiger partial charge on any atom is 0.279 e. The zero-order chi connectivity index (χ0) is 19.5. The van der Waals surface area contributed by atoms with Crippen molar-refractivity contribution in [1.29, 1.82) is 0 Å². The highest BCUT2D eigenvalue weighted by Gasteiger charge is 2.12. The molecular weight excluding hydrogens is 388 g/mol. The average molecular weight is 405 g/mol. The lowest BCUT2D eigenvalue weighted by atomic mass is 10.1. The second kappa shape index (κ2) is 7.97. The summed E-state index contributed by atoms with van der Waals surface area (Å²) in [6.07, 6.45) is 0. The van der Waals surface area contributed by atoms with Gasteiger partial charge in [-0.1, -0.05) is 54.1 Å². The van der Waals surface area contributed by atoms with E-state index in [4.69, 9.17) is 11.6 Å². The summed E-state index contributed by atoms with van der Waals surface area (Å²) in [5, 5.41) is 2.70. The first-order valence-electron chi connectivity index (χ1n) is 8.79. The van der Waals surface area contributed by atoms with Crippen molar-refractivity contribution >= 4 is 28.8 Å². The highest BCUT2D eigenvalue weighted by molar-refractivity contribution is 7.07. The number of carbonyl (C=O) groups is 1. The molecule has 0 saturated heterocycles. The molecule has 4 rings (SSSR count). The Morgan fingerprint density at radius 1 is 0.964 bits per heavy atom. The van der Waals surface area contributed by atoms with Gasteiger partial charge in [-0.15, -0.1) is 11.3 Å². The van der Waals surface area contributed by atoms with Crippen LogP contribution in [0.25, 0.3) is 16.9 Å². The van der Waals surface area contributed by atoms with Crippen LogP contribution in [0.2, 0.25) is 5.02 Å². The van der Waals surface area contributed by atoms with Crippen molar-refractivity contribution in [3.05, 3.63) is 105 Å². The number of amides is 1. The van der Waals surface area contributed by atoms with Crippen LogP contribution in [-0.2, 0) is 0 Å². The van der Waals surface area contributed by atoms with Crippen LogP contribution in [0.5, 0.6) is 0 Å². The molecule has 1 aromatic heterocycles. The van der Waals surface area contributed by atoms with Crippen LogP contribution in [0.3, 0.4) is 0 Å². The summed E-state index contributed by atoms with van der Waals surface area (Å²) >= 11 is 7.49. The van der Waals surface area contributed by atoms with Gasteiger partial charge in [-0.2, -0.15) is 4.99 Å². The lowest BCUT2D eigenvalue weighted by Gasteiger charge is -2.10. The van der Waals surface area contributed by atoms with E-state index in [1.807, 2.05) is 77.5 Å². The van der Waals surface area contributed by atoms with Crippen LogP contribution in [0.4, 0.5) is 0 Å². The third-order valence-corrected chi connectivity index (χ3v) is 5.40. The fourth-order valence-corrected chi connectivity index (χ4v) is 3.99. The molecule has 3 aromatic carbocycles. The molecule has 4 aromatic rings. The van der Waals surface area contributed by atoms with Crippen molar-refractivity contribution in [3.63, 3.8) is 0 Å². The average Bonchev–Trinajstić information content (AvgIpc) is 3.12. The minimum absolute atomic E-state index is 0.258. The van der Waals surface area contributed by atoms with Gasteiger partial charge in [0, 0.05) is 21.7 Å². The maximum atomic E-state index is 12.7. The Bertz CT molecular complexity index is 1190. The van der Waals surface area contributed by atoms with E-state index < -0.39 is 0 Å². The van der Waals surface area contributed by atoms with E-state index in [1.165, 1.54) is 11.3 Å². The van der Waals surface area contributed by atoms with Crippen LogP contribution >= 0.6 is 22.9 Å². The maximum absolute atomic E-state index is 12.7. The Morgan fingerprint density at radius 2 is 1.71 bits per heavy atom. The van der Waals surface area contributed by atoms with Gasteiger partial charge in [0.2, 0.25) is 0 Å². The van der Waals surface area contributed by atoms with Crippen LogP contribution < -0.4 is 4.80 Å². The molecule has 5 heteroatoms. The zero-order valence-corrected chi connectivity index (χ0v) is 16.7. The molecular formula is C23H17ClN2OS. The van der Waals surface area contributed by atoms with Gasteiger partial charge in [-0.05, 0) is 54.4 Å². The van der Waals surface area contributed by atoms with Crippen LogP contribution in [0.15, 0.2) is 89.2 Å². The molecule has 0 radical (unpaired) electrons. The van der Waals surface area contributed by atoms with Crippen molar-refractivity contribution in [3.8, 4) is 16.9 Å². The lowest BCUT2D eigenvalue weighted by Crippen LogP contribution is -2.16. The number of hydrogen-bond acceptors (Lipinski definition) is 2. The van der Waals surface area contributed by atoms with Crippen LogP contribution in [0.1, 0.15) is 15.9 Å². The monoisotopic (exact) mass is 404 g/mol. The Morgan fingerprint density at radius 3 is 2.43 bits per heavy atom. The summed E-state index contributed by atoms with van der Waals surface area (Å²) in [6, 6.07) is 24.9. The molecule has 0 aliphatic carbocycles. The van der Waals surface area contributed by atoms with E-state index in [0.29, 0.717) is 15.4 Å². The predicted octanol–water partition coefficient (Wildman–Crippen LogP) is 5.91. The normalized spacial score (nSPS) is 11.6. The molecule has 138 valence electrons.